The minimum absolute atomic E-state index is 0.268. The van der Waals surface area contributed by atoms with Gasteiger partial charge in [-0.1, -0.05) is 12.1 Å². The van der Waals surface area contributed by atoms with Crippen LogP contribution in [0.2, 0.25) is 0 Å². The summed E-state index contributed by atoms with van der Waals surface area (Å²) in [5.41, 5.74) is 0.877. The minimum Gasteiger partial charge on any atom is -0.497 e. The molecule has 120 valence electrons. The van der Waals surface area contributed by atoms with Crippen LogP contribution < -0.4 is 10.1 Å². The molecule has 0 bridgehead atoms. The van der Waals surface area contributed by atoms with E-state index in [4.69, 9.17) is 14.2 Å². The number of benzene rings is 1. The van der Waals surface area contributed by atoms with Crippen LogP contribution in [0.3, 0.4) is 0 Å². The normalized spacial score (nSPS) is 18.5. The van der Waals surface area contributed by atoms with Crippen LogP contribution in [0.4, 0.5) is 0 Å². The molecule has 6 heteroatoms. The first-order valence-corrected chi connectivity index (χ1v) is 7.26. The summed E-state index contributed by atoms with van der Waals surface area (Å²) in [4.78, 5) is 24.0. The highest BCUT2D eigenvalue weighted by Gasteiger charge is 2.29. The van der Waals surface area contributed by atoms with Gasteiger partial charge in [0.1, 0.15) is 17.9 Å². The average molecular weight is 307 g/mol. The van der Waals surface area contributed by atoms with Crippen molar-refractivity contribution in [1.82, 2.24) is 5.32 Å². The highest BCUT2D eigenvalue weighted by atomic mass is 16.5. The Hall–Kier alpha value is -2.08. The van der Waals surface area contributed by atoms with Crippen LogP contribution >= 0.6 is 0 Å². The third-order valence-corrected chi connectivity index (χ3v) is 3.60. The largest absolute Gasteiger partial charge is 0.497 e. The molecule has 1 fully saturated rings. The minimum atomic E-state index is -0.742. The van der Waals surface area contributed by atoms with Crippen LogP contribution in [-0.4, -0.2) is 44.8 Å². The molecule has 0 unspecified atom stereocenters. The summed E-state index contributed by atoms with van der Waals surface area (Å²) in [5, 5.41) is 2.72. The van der Waals surface area contributed by atoms with E-state index in [1.54, 1.807) is 7.11 Å². The van der Waals surface area contributed by atoms with E-state index < -0.39 is 18.1 Å². The van der Waals surface area contributed by atoms with Crippen LogP contribution in [0.25, 0.3) is 0 Å². The lowest BCUT2D eigenvalue weighted by Gasteiger charge is -2.19. The van der Waals surface area contributed by atoms with Gasteiger partial charge in [0.2, 0.25) is 5.91 Å². The highest BCUT2D eigenvalue weighted by molar-refractivity contribution is 5.87. The Kier molecular flexibility index (Phi) is 5.77. The predicted octanol–water partition coefficient (Wildman–Crippen LogP) is 1.07. The first kappa shape index (κ1) is 16.3. The summed E-state index contributed by atoms with van der Waals surface area (Å²) in [6.07, 6.45) is 1.40. The highest BCUT2D eigenvalue weighted by Crippen LogP contribution is 2.16. The van der Waals surface area contributed by atoms with E-state index in [9.17, 15) is 9.59 Å². The first-order valence-electron chi connectivity index (χ1n) is 7.26. The van der Waals surface area contributed by atoms with E-state index in [1.807, 2.05) is 24.3 Å². The topological polar surface area (TPSA) is 73.9 Å². The van der Waals surface area contributed by atoms with Gasteiger partial charge in [-0.05, 0) is 30.5 Å². The Morgan fingerprint density at radius 1 is 1.41 bits per heavy atom. The Balaban J connectivity index is 2.05. The molecule has 1 aliphatic rings. The quantitative estimate of drug-likeness (QED) is 0.796. The van der Waals surface area contributed by atoms with Crippen molar-refractivity contribution in [3.63, 3.8) is 0 Å². The maximum atomic E-state index is 12.1. The smallest absolute Gasteiger partial charge is 0.328 e. The third-order valence-electron chi connectivity index (χ3n) is 3.60. The summed E-state index contributed by atoms with van der Waals surface area (Å²) < 4.78 is 15.3. The summed E-state index contributed by atoms with van der Waals surface area (Å²) in [5.74, 6) is -0.0449. The fourth-order valence-corrected chi connectivity index (χ4v) is 2.42. The fraction of sp³-hybridized carbons (Fsp3) is 0.500. The maximum Gasteiger partial charge on any atom is 0.328 e. The molecule has 1 aromatic carbocycles. The van der Waals surface area contributed by atoms with Gasteiger partial charge in [0.05, 0.1) is 14.2 Å². The lowest BCUT2D eigenvalue weighted by atomic mass is 10.0. The molecule has 2 rings (SSSR count). The van der Waals surface area contributed by atoms with Crippen LogP contribution in [0.1, 0.15) is 18.4 Å². The van der Waals surface area contributed by atoms with Crippen molar-refractivity contribution in [2.24, 2.45) is 0 Å². The molecule has 0 radical (unpaired) electrons. The number of nitrogens with one attached hydrogen (secondary N) is 1. The Morgan fingerprint density at radius 3 is 2.86 bits per heavy atom. The van der Waals surface area contributed by atoms with Crippen molar-refractivity contribution < 1.29 is 23.8 Å². The number of esters is 1. The van der Waals surface area contributed by atoms with Gasteiger partial charge in [-0.2, -0.15) is 0 Å². The number of amides is 1. The zero-order valence-electron chi connectivity index (χ0n) is 12.8. The van der Waals surface area contributed by atoms with Gasteiger partial charge < -0.3 is 19.5 Å². The molecule has 0 saturated carbocycles. The van der Waals surface area contributed by atoms with Crippen LogP contribution in [0, 0.1) is 0 Å². The molecule has 1 saturated heterocycles. The van der Waals surface area contributed by atoms with Gasteiger partial charge in [0.15, 0.2) is 0 Å². The van der Waals surface area contributed by atoms with Gasteiger partial charge in [0, 0.05) is 13.0 Å². The van der Waals surface area contributed by atoms with Gasteiger partial charge >= 0.3 is 5.97 Å². The number of carbonyl (C=O) groups excluding carboxylic acids is 2. The molecule has 0 aromatic heterocycles. The summed E-state index contributed by atoms with van der Waals surface area (Å²) in [6, 6.07) is 6.62. The third kappa shape index (κ3) is 4.21. The number of hydrogen-bond donors (Lipinski definition) is 1. The van der Waals surface area contributed by atoms with E-state index in [2.05, 4.69) is 5.32 Å². The molecule has 2 atom stereocenters. The van der Waals surface area contributed by atoms with E-state index in [0.717, 1.165) is 12.0 Å². The number of carbonyl (C=O) groups is 2. The molecule has 6 nitrogen and oxygen atoms in total. The lowest BCUT2D eigenvalue weighted by molar-refractivity contribution is -0.146. The molecule has 22 heavy (non-hydrogen) atoms. The molecule has 1 aromatic rings. The Bertz CT molecular complexity index is 525. The number of methoxy groups -OCH3 is 2. The standard InChI is InChI=1S/C16H21NO5/c1-20-12-6-3-5-11(9-12)10-13(16(19)21-2)17-15(18)14-7-4-8-22-14/h3,5-6,9,13-14H,4,7-8,10H2,1-2H3,(H,17,18)/t13-,14+/m0/s1. The monoisotopic (exact) mass is 307 g/mol. The van der Waals surface area contributed by atoms with Crippen molar-refractivity contribution in [2.45, 2.75) is 31.4 Å². The molecular formula is C16H21NO5. The Labute approximate surface area is 129 Å². The predicted molar refractivity (Wildman–Crippen MR) is 79.6 cm³/mol. The van der Waals surface area contributed by atoms with E-state index >= 15 is 0 Å². The van der Waals surface area contributed by atoms with Crippen LogP contribution in [-0.2, 0) is 25.5 Å². The lowest BCUT2D eigenvalue weighted by Crippen LogP contribution is -2.47. The molecule has 1 aliphatic heterocycles. The molecule has 1 amide bonds. The second-order valence-electron chi connectivity index (χ2n) is 5.14. The van der Waals surface area contributed by atoms with Crippen molar-refractivity contribution in [1.29, 1.82) is 0 Å². The molecule has 1 N–H and O–H groups in total. The maximum absolute atomic E-state index is 12.1. The van der Waals surface area contributed by atoms with E-state index in [1.165, 1.54) is 7.11 Å². The van der Waals surface area contributed by atoms with Gasteiger partial charge in [-0.25, -0.2) is 4.79 Å². The zero-order valence-corrected chi connectivity index (χ0v) is 12.8. The van der Waals surface area contributed by atoms with Crippen molar-refractivity contribution in [2.75, 3.05) is 20.8 Å². The molecule has 0 aliphatic carbocycles. The van der Waals surface area contributed by atoms with Crippen LogP contribution in [0.5, 0.6) is 5.75 Å². The van der Waals surface area contributed by atoms with Gasteiger partial charge in [-0.3, -0.25) is 4.79 Å². The summed E-state index contributed by atoms with van der Waals surface area (Å²) in [6.45, 7) is 0.580. The molecule has 1 heterocycles. The first-order chi connectivity index (χ1) is 10.6. The second-order valence-corrected chi connectivity index (χ2v) is 5.14. The summed E-state index contributed by atoms with van der Waals surface area (Å²) in [7, 11) is 2.88. The van der Waals surface area contributed by atoms with Crippen molar-refractivity contribution in [3.8, 4) is 5.75 Å². The van der Waals surface area contributed by atoms with E-state index in [0.29, 0.717) is 25.2 Å². The number of rotatable bonds is 6. The summed E-state index contributed by atoms with van der Waals surface area (Å²) >= 11 is 0. The SMILES string of the molecule is COC(=O)[C@H](Cc1cccc(OC)c1)NC(=O)[C@H]1CCCO1. The Morgan fingerprint density at radius 2 is 2.23 bits per heavy atom. The molecule has 0 spiro atoms. The number of ether oxygens (including phenoxy) is 3. The molecular weight excluding hydrogens is 286 g/mol. The average Bonchev–Trinajstić information content (AvgIpc) is 3.08. The van der Waals surface area contributed by atoms with Gasteiger partial charge in [-0.15, -0.1) is 0 Å². The second kappa shape index (κ2) is 7.79. The number of hydrogen-bond acceptors (Lipinski definition) is 5. The van der Waals surface area contributed by atoms with Gasteiger partial charge in [0.25, 0.3) is 0 Å². The van der Waals surface area contributed by atoms with Crippen molar-refractivity contribution >= 4 is 11.9 Å². The zero-order chi connectivity index (χ0) is 15.9. The van der Waals surface area contributed by atoms with E-state index in [-0.39, 0.29) is 5.91 Å². The van der Waals surface area contributed by atoms with Crippen LogP contribution in [0.15, 0.2) is 24.3 Å². The fourth-order valence-electron chi connectivity index (χ4n) is 2.42. The van der Waals surface area contributed by atoms with Crippen molar-refractivity contribution in [3.05, 3.63) is 29.8 Å².